The van der Waals surface area contributed by atoms with Crippen LogP contribution in [0.15, 0.2) is 0 Å². The predicted octanol–water partition coefficient (Wildman–Crippen LogP) is 0.691. The van der Waals surface area contributed by atoms with E-state index in [1.807, 2.05) is 0 Å². The van der Waals surface area contributed by atoms with Crippen LogP contribution in [-0.4, -0.2) is 27.3 Å². The van der Waals surface area contributed by atoms with E-state index < -0.39 is 10.0 Å². The van der Waals surface area contributed by atoms with Crippen molar-refractivity contribution >= 4 is 10.0 Å². The van der Waals surface area contributed by atoms with E-state index in [9.17, 15) is 8.42 Å². The molecule has 0 aromatic rings. The van der Waals surface area contributed by atoms with Gasteiger partial charge in [-0.2, -0.15) is 0 Å². The third-order valence-corrected chi connectivity index (χ3v) is 4.64. The highest BCUT2D eigenvalue weighted by molar-refractivity contribution is 7.89. The molecule has 5 heteroatoms. The van der Waals surface area contributed by atoms with Crippen molar-refractivity contribution in [1.82, 2.24) is 4.72 Å². The van der Waals surface area contributed by atoms with Gasteiger partial charge in [0.1, 0.15) is 0 Å². The van der Waals surface area contributed by atoms with Crippen molar-refractivity contribution in [2.75, 3.05) is 18.8 Å². The lowest BCUT2D eigenvalue weighted by Crippen LogP contribution is -2.33. The number of hydrogen-bond acceptors (Lipinski definition) is 3. The summed E-state index contributed by atoms with van der Waals surface area (Å²) in [5.41, 5.74) is 5.60. The van der Waals surface area contributed by atoms with E-state index in [4.69, 9.17) is 5.73 Å². The molecule has 0 unspecified atom stereocenters. The molecule has 0 spiro atoms. The van der Waals surface area contributed by atoms with Crippen molar-refractivity contribution in [3.63, 3.8) is 0 Å². The number of nitrogens with two attached hydrogens (primary N) is 1. The van der Waals surface area contributed by atoms with Gasteiger partial charge in [0.05, 0.1) is 5.75 Å². The minimum atomic E-state index is -3.01. The Labute approximate surface area is 92.7 Å². The molecule has 15 heavy (non-hydrogen) atoms. The highest BCUT2D eigenvalue weighted by atomic mass is 32.2. The normalized spacial score (nSPS) is 27.9. The molecule has 3 N–H and O–H groups in total. The number of hydrogen-bond donors (Lipinski definition) is 2. The van der Waals surface area contributed by atoms with Gasteiger partial charge in [-0.1, -0.05) is 0 Å². The second-order valence-corrected chi connectivity index (χ2v) is 6.47. The highest BCUT2D eigenvalue weighted by Gasteiger charge is 2.21. The smallest absolute Gasteiger partial charge is 0.211 e. The van der Waals surface area contributed by atoms with E-state index in [0.29, 0.717) is 18.4 Å². The molecular weight excluding hydrogens is 212 g/mol. The average Bonchev–Trinajstić information content (AvgIpc) is 2.27. The first kappa shape index (κ1) is 12.9. The minimum Gasteiger partial charge on any atom is -0.330 e. The van der Waals surface area contributed by atoms with Crippen LogP contribution in [0, 0.1) is 11.8 Å². The summed E-state index contributed by atoms with van der Waals surface area (Å²) in [6, 6.07) is 0. The summed E-state index contributed by atoms with van der Waals surface area (Å²) in [5.74, 6) is 1.34. The lowest BCUT2D eigenvalue weighted by molar-refractivity contribution is 0.280. The fraction of sp³-hybridized carbons (Fsp3) is 1.00. The molecule has 0 aromatic heterocycles. The van der Waals surface area contributed by atoms with Crippen molar-refractivity contribution in [2.45, 2.75) is 32.6 Å². The zero-order chi connectivity index (χ0) is 11.3. The van der Waals surface area contributed by atoms with E-state index in [0.717, 1.165) is 32.2 Å². The Kier molecular flexibility index (Phi) is 5.02. The Hall–Kier alpha value is -0.130. The molecule has 0 aliphatic heterocycles. The molecule has 0 atom stereocenters. The molecule has 0 amide bonds. The molecule has 0 saturated heterocycles. The fourth-order valence-electron chi connectivity index (χ4n) is 2.02. The third-order valence-electron chi connectivity index (χ3n) is 3.27. The molecule has 1 saturated carbocycles. The molecule has 90 valence electrons. The highest BCUT2D eigenvalue weighted by Crippen LogP contribution is 2.27. The van der Waals surface area contributed by atoms with Gasteiger partial charge < -0.3 is 5.73 Å². The van der Waals surface area contributed by atoms with Gasteiger partial charge in [-0.15, -0.1) is 0 Å². The van der Waals surface area contributed by atoms with E-state index >= 15 is 0 Å². The van der Waals surface area contributed by atoms with Gasteiger partial charge in [0.15, 0.2) is 0 Å². The third kappa shape index (κ3) is 4.49. The van der Waals surface area contributed by atoms with Crippen molar-refractivity contribution < 1.29 is 8.42 Å². The monoisotopic (exact) mass is 234 g/mol. The predicted molar refractivity (Wildman–Crippen MR) is 62.0 cm³/mol. The molecule has 1 fully saturated rings. The number of sulfonamides is 1. The van der Waals surface area contributed by atoms with Gasteiger partial charge in [-0.05, 0) is 51.0 Å². The van der Waals surface area contributed by atoms with E-state index in [1.54, 1.807) is 6.92 Å². The molecule has 0 heterocycles. The summed E-state index contributed by atoms with van der Waals surface area (Å²) in [6.45, 7) is 3.04. The average molecular weight is 234 g/mol. The molecule has 4 nitrogen and oxygen atoms in total. The van der Waals surface area contributed by atoms with E-state index in [1.165, 1.54) is 0 Å². The zero-order valence-electron chi connectivity index (χ0n) is 9.41. The lowest BCUT2D eigenvalue weighted by Gasteiger charge is -2.27. The van der Waals surface area contributed by atoms with Crippen LogP contribution in [0.25, 0.3) is 0 Å². The maximum Gasteiger partial charge on any atom is 0.211 e. The first-order valence-electron chi connectivity index (χ1n) is 5.74. The first-order valence-corrected chi connectivity index (χ1v) is 7.40. The molecule has 0 aromatic carbocycles. The molecule has 0 bridgehead atoms. The minimum absolute atomic E-state index is 0.172. The SMILES string of the molecule is CCS(=O)(=O)NCC1CCC(CN)CC1. The standard InChI is InChI=1S/C10H22N2O2S/c1-2-15(13,14)12-8-10-5-3-9(7-11)4-6-10/h9-10,12H,2-8,11H2,1H3. The topological polar surface area (TPSA) is 72.2 Å². The number of rotatable bonds is 5. The Morgan fingerprint density at radius 3 is 2.20 bits per heavy atom. The van der Waals surface area contributed by atoms with Gasteiger partial charge in [-0.3, -0.25) is 0 Å². The summed E-state index contributed by atoms with van der Waals surface area (Å²) in [5, 5.41) is 0. The van der Waals surface area contributed by atoms with Crippen LogP contribution in [0.1, 0.15) is 32.6 Å². The van der Waals surface area contributed by atoms with Gasteiger partial charge in [0.2, 0.25) is 10.0 Å². The van der Waals surface area contributed by atoms with Gasteiger partial charge >= 0.3 is 0 Å². The Morgan fingerprint density at radius 1 is 1.20 bits per heavy atom. The van der Waals surface area contributed by atoms with Crippen molar-refractivity contribution in [3.8, 4) is 0 Å². The maximum absolute atomic E-state index is 11.2. The van der Waals surface area contributed by atoms with Gasteiger partial charge in [0.25, 0.3) is 0 Å². The van der Waals surface area contributed by atoms with Crippen molar-refractivity contribution in [3.05, 3.63) is 0 Å². The second-order valence-electron chi connectivity index (χ2n) is 4.37. The summed E-state index contributed by atoms with van der Waals surface area (Å²) < 4.78 is 25.1. The first-order chi connectivity index (χ1) is 7.07. The maximum atomic E-state index is 11.2. The van der Waals surface area contributed by atoms with Crippen LogP contribution in [0.5, 0.6) is 0 Å². The Balaban J connectivity index is 2.25. The van der Waals surface area contributed by atoms with Crippen molar-refractivity contribution in [2.24, 2.45) is 17.6 Å². The summed E-state index contributed by atoms with van der Waals surface area (Å²) in [7, 11) is -3.01. The molecule has 1 rings (SSSR count). The number of nitrogens with one attached hydrogen (secondary N) is 1. The van der Waals surface area contributed by atoms with Crippen LogP contribution in [-0.2, 0) is 10.0 Å². The largest absolute Gasteiger partial charge is 0.330 e. The summed E-state index contributed by atoms with van der Waals surface area (Å²) >= 11 is 0. The molecular formula is C10H22N2O2S. The quantitative estimate of drug-likeness (QED) is 0.735. The van der Waals surface area contributed by atoms with Crippen LogP contribution in [0.4, 0.5) is 0 Å². The van der Waals surface area contributed by atoms with Crippen LogP contribution in [0.2, 0.25) is 0 Å². The van der Waals surface area contributed by atoms with E-state index in [2.05, 4.69) is 4.72 Å². The Bertz CT molecular complexity index is 269. The lowest BCUT2D eigenvalue weighted by atomic mass is 9.82. The molecule has 0 radical (unpaired) electrons. The van der Waals surface area contributed by atoms with Crippen LogP contribution >= 0.6 is 0 Å². The van der Waals surface area contributed by atoms with Crippen molar-refractivity contribution in [1.29, 1.82) is 0 Å². The molecule has 1 aliphatic carbocycles. The van der Waals surface area contributed by atoms with Crippen LogP contribution in [0.3, 0.4) is 0 Å². The summed E-state index contributed by atoms with van der Waals surface area (Å²) in [4.78, 5) is 0. The van der Waals surface area contributed by atoms with Crippen LogP contribution < -0.4 is 10.5 Å². The summed E-state index contributed by atoms with van der Waals surface area (Å²) in [6.07, 6.45) is 4.51. The van der Waals surface area contributed by atoms with Gasteiger partial charge in [-0.25, -0.2) is 13.1 Å². The second kappa shape index (κ2) is 5.82. The van der Waals surface area contributed by atoms with E-state index in [-0.39, 0.29) is 5.75 Å². The Morgan fingerprint density at radius 2 is 1.73 bits per heavy atom. The molecule has 1 aliphatic rings. The van der Waals surface area contributed by atoms with Gasteiger partial charge in [0, 0.05) is 6.54 Å². The zero-order valence-corrected chi connectivity index (χ0v) is 10.2. The fourth-order valence-corrected chi connectivity index (χ4v) is 2.71.